The first-order chi connectivity index (χ1) is 14.5. The monoisotopic (exact) mass is 539 g/mol. The number of guanidine groups is 1. The summed E-state index contributed by atoms with van der Waals surface area (Å²) in [7, 11) is 5.82. The lowest BCUT2D eigenvalue weighted by Gasteiger charge is -2.26. The van der Waals surface area contributed by atoms with E-state index in [4.69, 9.17) is 0 Å². The van der Waals surface area contributed by atoms with Crippen LogP contribution in [0.5, 0.6) is 0 Å². The highest BCUT2D eigenvalue weighted by Gasteiger charge is 2.15. The van der Waals surface area contributed by atoms with Crippen molar-refractivity contribution in [3.05, 3.63) is 71.0 Å². The second-order valence-corrected chi connectivity index (χ2v) is 8.14. The fourth-order valence-electron chi connectivity index (χ4n) is 3.84. The first-order valence-electron chi connectivity index (χ1n) is 10.7. The smallest absolute Gasteiger partial charge is 0.191 e. The molecule has 5 nitrogen and oxygen atoms in total. The maximum atomic E-state index is 13.2. The molecule has 1 fully saturated rings. The quantitative estimate of drug-likeness (QED) is 0.303. The number of likely N-dealkylation sites (tertiary alicyclic amines) is 1. The first kappa shape index (κ1) is 25.5. The average Bonchev–Trinajstić information content (AvgIpc) is 3.25. The zero-order valence-electron chi connectivity index (χ0n) is 18.8. The normalized spacial score (nSPS) is 15.6. The zero-order valence-corrected chi connectivity index (χ0v) is 21.1. The molecule has 1 atom stereocenters. The summed E-state index contributed by atoms with van der Waals surface area (Å²) in [6, 6.07) is 15.6. The van der Waals surface area contributed by atoms with Gasteiger partial charge in [0.05, 0.1) is 6.04 Å². The Morgan fingerprint density at radius 2 is 1.61 bits per heavy atom. The molecule has 0 aliphatic carbocycles. The van der Waals surface area contributed by atoms with Gasteiger partial charge in [-0.3, -0.25) is 9.89 Å². The lowest BCUT2D eigenvalue weighted by atomic mass is 10.1. The summed E-state index contributed by atoms with van der Waals surface area (Å²) in [6.45, 7) is 4.88. The van der Waals surface area contributed by atoms with Gasteiger partial charge in [-0.25, -0.2) is 4.39 Å². The number of aliphatic imine (C=N–C) groups is 1. The van der Waals surface area contributed by atoms with Crippen molar-refractivity contribution in [1.29, 1.82) is 0 Å². The summed E-state index contributed by atoms with van der Waals surface area (Å²) in [6.07, 6.45) is 2.65. The van der Waals surface area contributed by atoms with Crippen LogP contribution < -0.4 is 10.6 Å². The van der Waals surface area contributed by atoms with Gasteiger partial charge in [-0.15, -0.1) is 24.0 Å². The molecule has 0 amide bonds. The van der Waals surface area contributed by atoms with Crippen LogP contribution in [0.4, 0.5) is 4.39 Å². The number of halogens is 2. The van der Waals surface area contributed by atoms with E-state index in [-0.39, 0.29) is 35.8 Å². The number of nitrogens with zero attached hydrogens (tertiary/aromatic N) is 3. The van der Waals surface area contributed by atoms with Crippen LogP contribution in [0.2, 0.25) is 0 Å². The van der Waals surface area contributed by atoms with E-state index in [1.165, 1.54) is 49.2 Å². The number of likely N-dealkylation sites (N-methyl/N-ethyl adjacent to an activating group) is 1. The van der Waals surface area contributed by atoms with E-state index < -0.39 is 0 Å². The van der Waals surface area contributed by atoms with E-state index in [1.54, 1.807) is 7.05 Å². The molecule has 2 N–H and O–H groups in total. The van der Waals surface area contributed by atoms with Crippen LogP contribution in [0.25, 0.3) is 0 Å². The van der Waals surface area contributed by atoms with E-state index in [0.29, 0.717) is 13.1 Å². The SMILES string of the molecule is CN=C(NCc1ccc(CN2CCCC2)cc1)NCC(c1ccc(F)cc1)N(C)C.I. The summed E-state index contributed by atoms with van der Waals surface area (Å²) in [5.74, 6) is 0.540. The van der Waals surface area contributed by atoms with Gasteiger partial charge in [0.25, 0.3) is 0 Å². The van der Waals surface area contributed by atoms with E-state index in [1.807, 2.05) is 26.2 Å². The lowest BCUT2D eigenvalue weighted by Crippen LogP contribution is -2.41. The van der Waals surface area contributed by atoms with Crippen molar-refractivity contribution < 1.29 is 4.39 Å². The van der Waals surface area contributed by atoms with Crippen LogP contribution in [0.1, 0.15) is 35.6 Å². The third-order valence-corrected chi connectivity index (χ3v) is 5.65. The molecule has 170 valence electrons. The second-order valence-electron chi connectivity index (χ2n) is 8.14. The number of rotatable bonds is 8. The molecule has 2 aromatic carbocycles. The minimum absolute atomic E-state index is 0. The number of hydrogen-bond donors (Lipinski definition) is 2. The Balaban J connectivity index is 0.00000341. The van der Waals surface area contributed by atoms with Gasteiger partial charge in [-0.2, -0.15) is 0 Å². The minimum atomic E-state index is -0.215. The molecule has 1 aliphatic heterocycles. The molecule has 1 unspecified atom stereocenters. The molecule has 0 radical (unpaired) electrons. The fraction of sp³-hybridized carbons (Fsp3) is 0.458. The van der Waals surface area contributed by atoms with Crippen molar-refractivity contribution in [3.8, 4) is 0 Å². The molecule has 2 aromatic rings. The molecule has 1 aliphatic rings. The van der Waals surface area contributed by atoms with Crippen molar-refractivity contribution in [2.45, 2.75) is 32.0 Å². The van der Waals surface area contributed by atoms with Crippen LogP contribution in [-0.4, -0.2) is 56.5 Å². The zero-order chi connectivity index (χ0) is 21.3. The van der Waals surface area contributed by atoms with Crippen LogP contribution >= 0.6 is 24.0 Å². The molecule has 0 bridgehead atoms. The number of benzene rings is 2. The summed E-state index contributed by atoms with van der Waals surface area (Å²) in [4.78, 5) is 8.97. The number of hydrogen-bond acceptors (Lipinski definition) is 3. The Morgan fingerprint density at radius 1 is 1.00 bits per heavy atom. The maximum absolute atomic E-state index is 13.2. The largest absolute Gasteiger partial charge is 0.354 e. The van der Waals surface area contributed by atoms with Crippen LogP contribution in [-0.2, 0) is 13.1 Å². The van der Waals surface area contributed by atoms with Gasteiger partial charge >= 0.3 is 0 Å². The molecular formula is C24H35FIN5. The predicted octanol–water partition coefficient (Wildman–Crippen LogP) is 4.01. The topological polar surface area (TPSA) is 42.9 Å². The van der Waals surface area contributed by atoms with E-state index in [0.717, 1.165) is 18.1 Å². The highest BCUT2D eigenvalue weighted by molar-refractivity contribution is 14.0. The average molecular weight is 539 g/mol. The molecule has 1 heterocycles. The van der Waals surface area contributed by atoms with Crippen LogP contribution in [0.3, 0.4) is 0 Å². The van der Waals surface area contributed by atoms with Gasteiger partial charge < -0.3 is 15.5 Å². The molecule has 0 aromatic heterocycles. The van der Waals surface area contributed by atoms with E-state index in [9.17, 15) is 4.39 Å². The van der Waals surface area contributed by atoms with Crippen molar-refractivity contribution in [3.63, 3.8) is 0 Å². The van der Waals surface area contributed by atoms with Crippen molar-refractivity contribution in [2.24, 2.45) is 4.99 Å². The Kier molecular flexibility index (Phi) is 10.7. The summed E-state index contributed by atoms with van der Waals surface area (Å²) in [5.41, 5.74) is 3.67. The van der Waals surface area contributed by atoms with E-state index >= 15 is 0 Å². The molecule has 1 saturated heterocycles. The minimum Gasteiger partial charge on any atom is -0.354 e. The van der Waals surface area contributed by atoms with Gasteiger partial charge in [0, 0.05) is 26.7 Å². The van der Waals surface area contributed by atoms with E-state index in [2.05, 4.69) is 49.7 Å². The lowest BCUT2D eigenvalue weighted by molar-refractivity contribution is 0.298. The first-order valence-corrected chi connectivity index (χ1v) is 10.7. The fourth-order valence-corrected chi connectivity index (χ4v) is 3.84. The summed E-state index contributed by atoms with van der Waals surface area (Å²) in [5, 5.41) is 6.77. The van der Waals surface area contributed by atoms with Crippen LogP contribution in [0, 0.1) is 5.82 Å². The predicted molar refractivity (Wildman–Crippen MR) is 137 cm³/mol. The molecule has 7 heteroatoms. The highest BCUT2D eigenvalue weighted by Crippen LogP contribution is 2.18. The molecule has 3 rings (SSSR count). The Hall–Kier alpha value is -1.71. The molecule has 0 spiro atoms. The van der Waals surface area contributed by atoms with Crippen molar-refractivity contribution >= 4 is 29.9 Å². The molecule has 0 saturated carbocycles. The van der Waals surface area contributed by atoms with Crippen molar-refractivity contribution in [2.75, 3.05) is 40.8 Å². The van der Waals surface area contributed by atoms with Gasteiger partial charge in [0.2, 0.25) is 0 Å². The van der Waals surface area contributed by atoms with Gasteiger partial charge in [0.1, 0.15) is 5.82 Å². The highest BCUT2D eigenvalue weighted by atomic mass is 127. The molecule has 31 heavy (non-hydrogen) atoms. The summed E-state index contributed by atoms with van der Waals surface area (Å²) < 4.78 is 13.2. The Morgan fingerprint density at radius 3 is 2.19 bits per heavy atom. The Bertz CT molecular complexity index is 802. The van der Waals surface area contributed by atoms with Gasteiger partial charge in [-0.1, -0.05) is 36.4 Å². The maximum Gasteiger partial charge on any atom is 0.191 e. The number of nitrogens with one attached hydrogen (secondary N) is 2. The Labute approximate surface area is 203 Å². The van der Waals surface area contributed by atoms with Gasteiger partial charge in [0.15, 0.2) is 5.96 Å². The summed E-state index contributed by atoms with van der Waals surface area (Å²) >= 11 is 0. The molecular weight excluding hydrogens is 504 g/mol. The van der Waals surface area contributed by atoms with Gasteiger partial charge in [-0.05, 0) is 68.8 Å². The standard InChI is InChI=1S/C24H34FN5.HI/c1-26-24(28-17-23(29(2)3)21-10-12-22(25)13-11-21)27-16-19-6-8-20(9-7-19)18-30-14-4-5-15-30;/h6-13,23H,4-5,14-18H2,1-3H3,(H2,26,27,28);1H. The van der Waals surface area contributed by atoms with Crippen LogP contribution in [0.15, 0.2) is 53.5 Å². The van der Waals surface area contributed by atoms with Crippen molar-refractivity contribution in [1.82, 2.24) is 20.4 Å². The second kappa shape index (κ2) is 13.0. The third-order valence-electron chi connectivity index (χ3n) is 5.65. The third kappa shape index (κ3) is 8.05.